The molecule has 0 saturated heterocycles. The van der Waals surface area contributed by atoms with Crippen LogP contribution in [0.25, 0.3) is 22.1 Å². The average Bonchev–Trinajstić information content (AvgIpc) is 2.75. The first-order valence-electron chi connectivity index (χ1n) is 9.26. The maximum absolute atomic E-state index is 13.1. The minimum atomic E-state index is -0.0687. The van der Waals surface area contributed by atoms with E-state index in [9.17, 15) is 4.79 Å². The minimum Gasteiger partial charge on any atom is -0.478 e. The van der Waals surface area contributed by atoms with Crippen molar-refractivity contribution in [3.05, 3.63) is 93.6 Å². The zero-order valence-corrected chi connectivity index (χ0v) is 16.2. The molecule has 0 amide bonds. The zero-order chi connectivity index (χ0) is 19.8. The summed E-state index contributed by atoms with van der Waals surface area (Å²) in [6.07, 6.45) is 5.12. The molecule has 0 fully saturated rings. The van der Waals surface area contributed by atoms with E-state index in [-0.39, 0.29) is 5.43 Å². The summed E-state index contributed by atoms with van der Waals surface area (Å²) in [5.41, 5.74) is 3.78. The Morgan fingerprint density at radius 2 is 1.97 bits per heavy atom. The molecule has 5 nitrogen and oxygen atoms in total. The van der Waals surface area contributed by atoms with Gasteiger partial charge in [0.05, 0.1) is 16.5 Å². The summed E-state index contributed by atoms with van der Waals surface area (Å²) in [4.78, 5) is 19.4. The van der Waals surface area contributed by atoms with Crippen LogP contribution in [0.4, 0.5) is 0 Å². The van der Waals surface area contributed by atoms with Crippen LogP contribution in [0.2, 0.25) is 5.02 Å². The fraction of sp³-hybridized carbons (Fsp3) is 0.130. The van der Waals surface area contributed by atoms with Crippen molar-refractivity contribution in [2.45, 2.75) is 13.1 Å². The molecule has 0 atom stereocenters. The monoisotopic (exact) mass is 404 g/mol. The maximum atomic E-state index is 13.1. The van der Waals surface area contributed by atoms with Crippen LogP contribution in [0.1, 0.15) is 11.1 Å². The van der Waals surface area contributed by atoms with Crippen molar-refractivity contribution in [2.75, 3.05) is 6.73 Å². The van der Waals surface area contributed by atoms with Crippen molar-refractivity contribution >= 4 is 22.6 Å². The average molecular weight is 405 g/mol. The molecule has 5 rings (SSSR count). The van der Waals surface area contributed by atoms with Gasteiger partial charge >= 0.3 is 0 Å². The molecule has 0 radical (unpaired) electrons. The summed E-state index contributed by atoms with van der Waals surface area (Å²) in [6.45, 7) is 1.81. The first-order chi connectivity index (χ1) is 14.2. The summed E-state index contributed by atoms with van der Waals surface area (Å²) in [6, 6.07) is 14.7. The van der Waals surface area contributed by atoms with Gasteiger partial charge in [-0.15, -0.1) is 0 Å². The van der Waals surface area contributed by atoms with Gasteiger partial charge in [-0.3, -0.25) is 14.7 Å². The van der Waals surface area contributed by atoms with Crippen LogP contribution in [0.5, 0.6) is 5.75 Å². The van der Waals surface area contributed by atoms with Gasteiger partial charge in [0.15, 0.2) is 0 Å². The van der Waals surface area contributed by atoms with Gasteiger partial charge in [-0.05, 0) is 41.5 Å². The lowest BCUT2D eigenvalue weighted by Crippen LogP contribution is -2.31. The van der Waals surface area contributed by atoms with Crippen LogP contribution in [-0.2, 0) is 13.1 Å². The molecule has 2 aromatic heterocycles. The quantitative estimate of drug-likeness (QED) is 0.488. The van der Waals surface area contributed by atoms with E-state index in [1.54, 1.807) is 24.4 Å². The second kappa shape index (κ2) is 7.35. The number of nitrogens with zero attached hydrogens (tertiary/aromatic N) is 2. The van der Waals surface area contributed by atoms with Crippen LogP contribution >= 0.6 is 11.6 Å². The molecule has 0 saturated carbocycles. The summed E-state index contributed by atoms with van der Waals surface area (Å²) < 4.78 is 11.9. The Morgan fingerprint density at radius 1 is 1.10 bits per heavy atom. The zero-order valence-electron chi connectivity index (χ0n) is 15.5. The maximum Gasteiger partial charge on any atom is 0.200 e. The molecule has 0 unspecified atom stereocenters. The van der Waals surface area contributed by atoms with Crippen LogP contribution < -0.4 is 10.2 Å². The molecule has 1 aliphatic rings. The highest BCUT2D eigenvalue weighted by molar-refractivity contribution is 6.30. The third kappa shape index (κ3) is 3.39. The predicted octanol–water partition coefficient (Wildman–Crippen LogP) is 4.86. The second-order valence-corrected chi connectivity index (χ2v) is 7.46. The molecule has 0 spiro atoms. The Labute approximate surface area is 172 Å². The highest BCUT2D eigenvalue weighted by Gasteiger charge is 2.23. The van der Waals surface area contributed by atoms with Crippen molar-refractivity contribution in [1.29, 1.82) is 0 Å². The van der Waals surface area contributed by atoms with Crippen molar-refractivity contribution in [2.24, 2.45) is 0 Å². The Morgan fingerprint density at radius 3 is 2.76 bits per heavy atom. The van der Waals surface area contributed by atoms with E-state index < -0.39 is 0 Å². The van der Waals surface area contributed by atoms with Crippen LogP contribution in [-0.4, -0.2) is 16.6 Å². The Hall–Kier alpha value is -3.15. The molecule has 4 aromatic rings. The molecule has 144 valence electrons. The summed E-state index contributed by atoms with van der Waals surface area (Å²) in [5, 5.41) is 1.17. The smallest absolute Gasteiger partial charge is 0.200 e. The molecular formula is C23H17ClN2O3. The number of benzene rings is 2. The van der Waals surface area contributed by atoms with Crippen molar-refractivity contribution in [3.8, 4) is 16.9 Å². The van der Waals surface area contributed by atoms with E-state index in [1.165, 1.54) is 6.26 Å². The third-order valence-electron chi connectivity index (χ3n) is 5.07. The number of fused-ring (bicyclic) bond motifs is 3. The van der Waals surface area contributed by atoms with Gasteiger partial charge in [-0.1, -0.05) is 29.8 Å². The third-order valence-corrected chi connectivity index (χ3v) is 5.32. The number of rotatable bonds is 3. The predicted molar refractivity (Wildman–Crippen MR) is 112 cm³/mol. The van der Waals surface area contributed by atoms with Gasteiger partial charge in [0.2, 0.25) is 5.43 Å². The number of hydrogen-bond acceptors (Lipinski definition) is 5. The molecular weight excluding hydrogens is 388 g/mol. The Bertz CT molecular complexity index is 1240. The highest BCUT2D eigenvalue weighted by Crippen LogP contribution is 2.33. The second-order valence-electron chi connectivity index (χ2n) is 7.03. The molecule has 29 heavy (non-hydrogen) atoms. The van der Waals surface area contributed by atoms with E-state index in [4.69, 9.17) is 20.8 Å². The standard InChI is InChI=1S/C23H17ClN2O3/c24-17-5-3-16(4-6-17)20-13-28-23-18(22(20)27)7-8-21-19(23)12-26(14-29-21)11-15-2-1-9-25-10-15/h1-10,13H,11-12,14H2. The fourth-order valence-corrected chi connectivity index (χ4v) is 3.76. The number of halogens is 1. The fourth-order valence-electron chi connectivity index (χ4n) is 3.63. The van der Waals surface area contributed by atoms with Gasteiger partial charge < -0.3 is 9.15 Å². The van der Waals surface area contributed by atoms with Crippen LogP contribution in [0, 0.1) is 0 Å². The normalized spacial score (nSPS) is 13.8. The van der Waals surface area contributed by atoms with E-state index in [2.05, 4.69) is 9.88 Å². The molecule has 6 heteroatoms. The van der Waals surface area contributed by atoms with E-state index in [0.29, 0.717) is 41.4 Å². The first kappa shape index (κ1) is 17.9. The largest absolute Gasteiger partial charge is 0.478 e. The SMILES string of the molecule is O=c1c(-c2ccc(Cl)cc2)coc2c3c(ccc12)OCN(Cc1cccnc1)C3. The van der Waals surface area contributed by atoms with E-state index in [1.807, 2.05) is 36.5 Å². The summed E-state index contributed by atoms with van der Waals surface area (Å²) in [5.74, 6) is 0.752. The highest BCUT2D eigenvalue weighted by atomic mass is 35.5. The summed E-state index contributed by atoms with van der Waals surface area (Å²) >= 11 is 5.96. The summed E-state index contributed by atoms with van der Waals surface area (Å²) in [7, 11) is 0. The van der Waals surface area contributed by atoms with Gasteiger partial charge in [-0.25, -0.2) is 0 Å². The number of pyridine rings is 1. The number of aromatic nitrogens is 1. The molecule has 3 heterocycles. The van der Waals surface area contributed by atoms with Gasteiger partial charge in [-0.2, -0.15) is 0 Å². The van der Waals surface area contributed by atoms with Gasteiger partial charge in [0.25, 0.3) is 0 Å². The van der Waals surface area contributed by atoms with E-state index >= 15 is 0 Å². The van der Waals surface area contributed by atoms with Gasteiger partial charge in [0, 0.05) is 30.5 Å². The Kier molecular flexibility index (Phi) is 4.54. The molecule has 1 aliphatic heterocycles. The van der Waals surface area contributed by atoms with Crippen LogP contribution in [0.15, 0.2) is 76.4 Å². The topological polar surface area (TPSA) is 55.6 Å². The number of hydrogen-bond donors (Lipinski definition) is 0. The molecule has 0 aliphatic carbocycles. The molecule has 0 N–H and O–H groups in total. The molecule has 2 aromatic carbocycles. The lowest BCUT2D eigenvalue weighted by molar-refractivity contribution is 0.0889. The van der Waals surface area contributed by atoms with Gasteiger partial charge in [0.1, 0.15) is 24.3 Å². The van der Waals surface area contributed by atoms with Crippen molar-refractivity contribution in [1.82, 2.24) is 9.88 Å². The minimum absolute atomic E-state index is 0.0687. The van der Waals surface area contributed by atoms with Crippen molar-refractivity contribution < 1.29 is 9.15 Å². The number of ether oxygens (including phenoxy) is 1. The van der Waals surface area contributed by atoms with Crippen LogP contribution in [0.3, 0.4) is 0 Å². The Balaban J connectivity index is 1.53. The molecule has 0 bridgehead atoms. The lowest BCUT2D eigenvalue weighted by Gasteiger charge is -2.29. The van der Waals surface area contributed by atoms with Crippen molar-refractivity contribution in [3.63, 3.8) is 0 Å². The first-order valence-corrected chi connectivity index (χ1v) is 9.64. The lowest BCUT2D eigenvalue weighted by atomic mass is 10.0. The van der Waals surface area contributed by atoms with E-state index in [0.717, 1.165) is 22.4 Å².